The molecule has 37 heavy (non-hydrogen) atoms. The molecule has 6 nitrogen and oxygen atoms in total. The van der Waals surface area contributed by atoms with Crippen molar-refractivity contribution in [1.82, 2.24) is 9.71 Å². The van der Waals surface area contributed by atoms with Crippen molar-refractivity contribution < 1.29 is 18.6 Å². The first-order valence-corrected chi connectivity index (χ1v) is 15.8. The maximum absolute atomic E-state index is 12.7. The van der Waals surface area contributed by atoms with E-state index in [9.17, 15) is 18.6 Å². The van der Waals surface area contributed by atoms with Gasteiger partial charge in [-0.05, 0) is 66.8 Å². The molecule has 0 aliphatic heterocycles. The van der Waals surface area contributed by atoms with Crippen LogP contribution in [0.25, 0.3) is 21.3 Å². The molecule has 3 N–H and O–H groups in total. The van der Waals surface area contributed by atoms with E-state index < -0.39 is 22.2 Å². The first-order chi connectivity index (χ1) is 17.7. The number of hydrogen-bond acceptors (Lipinski definition) is 7. The van der Waals surface area contributed by atoms with Gasteiger partial charge in [0.2, 0.25) is 10.0 Å². The Morgan fingerprint density at radius 3 is 2.68 bits per heavy atom. The monoisotopic (exact) mass is 554 g/mol. The van der Waals surface area contributed by atoms with Crippen molar-refractivity contribution in [3.05, 3.63) is 82.9 Å². The lowest BCUT2D eigenvalue weighted by atomic mass is 9.95. The lowest BCUT2D eigenvalue weighted by Gasteiger charge is -2.21. The molecule has 2 unspecified atom stereocenters. The van der Waals surface area contributed by atoms with Crippen molar-refractivity contribution in [3.63, 3.8) is 0 Å². The van der Waals surface area contributed by atoms with Gasteiger partial charge in [0, 0.05) is 38.7 Å². The molecule has 4 aromatic rings. The maximum Gasteiger partial charge on any atom is 0.214 e. The van der Waals surface area contributed by atoms with E-state index in [4.69, 9.17) is 0 Å². The second-order valence-electron chi connectivity index (χ2n) is 9.62. The first kappa shape index (κ1) is 26.3. The minimum atomic E-state index is -3.33. The van der Waals surface area contributed by atoms with E-state index in [0.717, 1.165) is 43.8 Å². The molecule has 2 heterocycles. The number of aliphatic hydroxyl groups is 2. The summed E-state index contributed by atoms with van der Waals surface area (Å²) in [5, 5.41) is 21.0. The van der Waals surface area contributed by atoms with E-state index in [1.54, 1.807) is 42.3 Å². The highest BCUT2D eigenvalue weighted by Gasteiger charge is 2.36. The van der Waals surface area contributed by atoms with Gasteiger partial charge in [-0.15, -0.1) is 23.1 Å². The average Bonchev–Trinajstić information content (AvgIpc) is 3.69. The molecule has 0 amide bonds. The number of thioether (sulfide) groups is 1. The number of thiophene rings is 1. The van der Waals surface area contributed by atoms with Gasteiger partial charge in [0.05, 0.1) is 17.6 Å². The summed E-state index contributed by atoms with van der Waals surface area (Å²) in [5.41, 5.74) is 1.97. The molecule has 1 aliphatic rings. The second-order valence-corrected chi connectivity index (χ2v) is 13.6. The second kappa shape index (κ2) is 10.5. The van der Waals surface area contributed by atoms with Crippen molar-refractivity contribution in [2.45, 2.75) is 41.4 Å². The van der Waals surface area contributed by atoms with Gasteiger partial charge in [0.25, 0.3) is 0 Å². The molecule has 1 fully saturated rings. The number of hydrogen-bond donors (Lipinski definition) is 3. The van der Waals surface area contributed by atoms with Crippen LogP contribution in [0.2, 0.25) is 0 Å². The Morgan fingerprint density at radius 2 is 1.95 bits per heavy atom. The standard InChI is InChI=1S/C28H30N2O4S3/c1-28(32,17-31)19-12-13-29-24(15-19)22-8-5-6-18-14-26(36-27(18)22)23(16-30-37(33,34)20-10-11-20)21-7-3-4-9-25(21)35-2/h3-9,12-15,20,23,30-32H,10-11,16-17H2,1-2H3. The van der Waals surface area contributed by atoms with E-state index in [1.807, 2.05) is 36.6 Å². The lowest BCUT2D eigenvalue weighted by Crippen LogP contribution is -2.31. The fourth-order valence-electron chi connectivity index (χ4n) is 4.47. The summed E-state index contributed by atoms with van der Waals surface area (Å²) in [6, 6.07) is 19.9. The van der Waals surface area contributed by atoms with Crippen LogP contribution < -0.4 is 4.72 Å². The summed E-state index contributed by atoms with van der Waals surface area (Å²) < 4.78 is 29.3. The topological polar surface area (TPSA) is 99.5 Å². The number of nitrogens with one attached hydrogen (secondary N) is 1. The van der Waals surface area contributed by atoms with Gasteiger partial charge < -0.3 is 10.2 Å². The Balaban J connectivity index is 1.59. The minimum Gasteiger partial charge on any atom is -0.393 e. The molecule has 2 aromatic carbocycles. The van der Waals surface area contributed by atoms with Crippen LogP contribution in [0.1, 0.15) is 41.7 Å². The number of fused-ring (bicyclic) bond motifs is 1. The van der Waals surface area contributed by atoms with Crippen LogP contribution in [0.5, 0.6) is 0 Å². The van der Waals surface area contributed by atoms with Gasteiger partial charge in [0.15, 0.2) is 0 Å². The van der Waals surface area contributed by atoms with Crippen LogP contribution in [0, 0.1) is 0 Å². The Morgan fingerprint density at radius 1 is 1.16 bits per heavy atom. The predicted molar refractivity (Wildman–Crippen MR) is 152 cm³/mol. The fraction of sp³-hybridized carbons (Fsp3) is 0.321. The highest BCUT2D eigenvalue weighted by atomic mass is 32.2. The van der Waals surface area contributed by atoms with Crippen molar-refractivity contribution in [1.29, 1.82) is 0 Å². The molecule has 0 radical (unpaired) electrons. The SMILES string of the molecule is CSc1ccccc1C(CNS(=O)(=O)C1CC1)c1cc2cccc(-c3cc(C(C)(O)CO)ccn3)c2s1. The summed E-state index contributed by atoms with van der Waals surface area (Å²) >= 11 is 3.30. The number of nitrogens with zero attached hydrogens (tertiary/aromatic N) is 1. The van der Waals surface area contributed by atoms with Crippen LogP contribution in [0.15, 0.2) is 71.8 Å². The maximum atomic E-state index is 12.7. The lowest BCUT2D eigenvalue weighted by molar-refractivity contribution is -0.00230. The fourth-order valence-corrected chi connectivity index (χ4v) is 7.83. The molecule has 0 bridgehead atoms. The molecular formula is C28H30N2O4S3. The smallest absolute Gasteiger partial charge is 0.214 e. The van der Waals surface area contributed by atoms with Gasteiger partial charge in [-0.1, -0.05) is 36.4 Å². The molecule has 5 rings (SSSR count). The third-order valence-electron chi connectivity index (χ3n) is 6.84. The largest absolute Gasteiger partial charge is 0.393 e. The Bertz CT molecular complexity index is 1530. The third kappa shape index (κ3) is 5.48. The van der Waals surface area contributed by atoms with Crippen molar-refractivity contribution >= 4 is 43.2 Å². The van der Waals surface area contributed by atoms with Crippen LogP contribution in [0.3, 0.4) is 0 Å². The van der Waals surface area contributed by atoms with Crippen LogP contribution in [-0.2, 0) is 15.6 Å². The van der Waals surface area contributed by atoms with Crippen LogP contribution >= 0.6 is 23.1 Å². The zero-order valence-electron chi connectivity index (χ0n) is 20.7. The quantitative estimate of drug-likeness (QED) is 0.236. The van der Waals surface area contributed by atoms with Crippen molar-refractivity contribution in [2.24, 2.45) is 0 Å². The summed E-state index contributed by atoms with van der Waals surface area (Å²) in [4.78, 5) is 6.75. The van der Waals surface area contributed by atoms with E-state index in [1.165, 1.54) is 0 Å². The third-order valence-corrected chi connectivity index (χ3v) is 10.9. The Hall–Kier alpha value is -2.27. The van der Waals surface area contributed by atoms with Crippen LogP contribution in [-0.4, -0.2) is 48.3 Å². The summed E-state index contributed by atoms with van der Waals surface area (Å²) in [6.07, 6.45) is 5.13. The number of rotatable bonds is 10. The number of pyridine rings is 1. The molecule has 1 aliphatic carbocycles. The molecule has 2 atom stereocenters. The molecule has 1 saturated carbocycles. The number of benzene rings is 2. The van der Waals surface area contributed by atoms with E-state index in [-0.39, 0.29) is 11.2 Å². The van der Waals surface area contributed by atoms with Crippen molar-refractivity contribution in [2.75, 3.05) is 19.4 Å². The molecule has 0 saturated heterocycles. The van der Waals surface area contributed by atoms with E-state index >= 15 is 0 Å². The van der Waals surface area contributed by atoms with Crippen molar-refractivity contribution in [3.8, 4) is 11.3 Å². The molecule has 0 spiro atoms. The molecule has 2 aromatic heterocycles. The summed E-state index contributed by atoms with van der Waals surface area (Å²) in [5.74, 6) is -0.142. The Labute approximate surface area is 225 Å². The summed E-state index contributed by atoms with van der Waals surface area (Å²) in [7, 11) is -3.33. The van der Waals surface area contributed by atoms with Gasteiger partial charge in [-0.3, -0.25) is 4.98 Å². The number of aliphatic hydroxyl groups excluding tert-OH is 1. The number of aromatic nitrogens is 1. The van der Waals surface area contributed by atoms with Gasteiger partial charge >= 0.3 is 0 Å². The number of sulfonamides is 1. The van der Waals surface area contributed by atoms with E-state index in [0.29, 0.717) is 17.8 Å². The van der Waals surface area contributed by atoms with Crippen LogP contribution in [0.4, 0.5) is 0 Å². The highest BCUT2D eigenvalue weighted by molar-refractivity contribution is 7.98. The molecule has 194 valence electrons. The van der Waals surface area contributed by atoms with E-state index in [2.05, 4.69) is 34.0 Å². The minimum absolute atomic E-state index is 0.142. The summed E-state index contributed by atoms with van der Waals surface area (Å²) in [6.45, 7) is 1.48. The first-order valence-electron chi connectivity index (χ1n) is 12.2. The molecular weight excluding hydrogens is 525 g/mol. The van der Waals surface area contributed by atoms with Gasteiger partial charge in [-0.2, -0.15) is 0 Å². The zero-order chi connectivity index (χ0) is 26.2. The van der Waals surface area contributed by atoms with Gasteiger partial charge in [0.1, 0.15) is 5.60 Å². The zero-order valence-corrected chi connectivity index (χ0v) is 23.2. The molecule has 9 heteroatoms. The highest BCUT2D eigenvalue weighted by Crippen LogP contribution is 2.41. The van der Waals surface area contributed by atoms with Gasteiger partial charge in [-0.25, -0.2) is 13.1 Å². The normalized spacial score (nSPS) is 16.5. The average molecular weight is 555 g/mol. The Kier molecular flexibility index (Phi) is 7.46. The predicted octanol–water partition coefficient (Wildman–Crippen LogP) is 5.10.